The number of hydrogen-bond acceptors (Lipinski definition) is 5. The summed E-state index contributed by atoms with van der Waals surface area (Å²) in [6.07, 6.45) is 1.30. The first-order valence-corrected chi connectivity index (χ1v) is 14.1. The van der Waals surface area contributed by atoms with Crippen LogP contribution in [0, 0.1) is 0 Å². The zero-order valence-corrected chi connectivity index (χ0v) is 22.9. The van der Waals surface area contributed by atoms with Crippen LogP contribution >= 0.6 is 11.3 Å². The van der Waals surface area contributed by atoms with E-state index in [1.807, 2.05) is 78.2 Å². The van der Waals surface area contributed by atoms with Crippen LogP contribution in [0.5, 0.6) is 5.75 Å². The molecule has 3 aromatic carbocycles. The Labute approximate surface area is 233 Å². The van der Waals surface area contributed by atoms with Crippen molar-refractivity contribution >= 4 is 28.8 Å². The van der Waals surface area contributed by atoms with Gasteiger partial charge in [0.1, 0.15) is 11.8 Å². The summed E-state index contributed by atoms with van der Waals surface area (Å²) in [6.45, 7) is 2.26. The number of rotatable bonds is 11. The first-order valence-electron chi connectivity index (χ1n) is 13.2. The van der Waals surface area contributed by atoms with Crippen LogP contribution in [0.1, 0.15) is 34.0 Å². The Balaban J connectivity index is 1.41. The molecular weight excluding hydrogens is 506 g/mol. The van der Waals surface area contributed by atoms with Gasteiger partial charge in [0.25, 0.3) is 0 Å². The van der Waals surface area contributed by atoms with Gasteiger partial charge in [-0.05, 0) is 52.8 Å². The van der Waals surface area contributed by atoms with E-state index in [-0.39, 0.29) is 11.8 Å². The van der Waals surface area contributed by atoms with Crippen molar-refractivity contribution in [3.8, 4) is 5.75 Å². The van der Waals surface area contributed by atoms with Crippen molar-refractivity contribution in [1.82, 2.24) is 10.2 Å². The molecule has 0 bridgehead atoms. The first-order chi connectivity index (χ1) is 19.1. The minimum absolute atomic E-state index is 0.0524. The number of hydrogen-bond donors (Lipinski definition) is 1. The topological polar surface area (TPSA) is 61.9 Å². The number of nitrogens with zero attached hydrogens (tertiary/aromatic N) is 2. The molecule has 2 amide bonds. The molecule has 1 aliphatic heterocycles. The summed E-state index contributed by atoms with van der Waals surface area (Å²) in [7, 11) is 1.61. The average Bonchev–Trinajstić information content (AvgIpc) is 3.65. The number of carbonyl (C=O) groups is 2. The molecule has 4 aromatic rings. The predicted molar refractivity (Wildman–Crippen MR) is 156 cm³/mol. The number of fused-ring (bicyclic) bond motifs is 1. The molecule has 5 rings (SSSR count). The molecule has 0 spiro atoms. The number of thiophene rings is 1. The maximum Gasteiger partial charge on any atom is 0.247 e. The van der Waals surface area contributed by atoms with Crippen molar-refractivity contribution in [2.45, 2.75) is 32.0 Å². The third kappa shape index (κ3) is 6.49. The Hall–Kier alpha value is -4.10. The van der Waals surface area contributed by atoms with Gasteiger partial charge in [-0.15, -0.1) is 11.3 Å². The summed E-state index contributed by atoms with van der Waals surface area (Å²) in [6, 6.07) is 28.8. The number of amides is 2. The molecule has 1 N–H and O–H groups in total. The molecule has 7 heteroatoms. The van der Waals surface area contributed by atoms with E-state index in [9.17, 15) is 9.59 Å². The summed E-state index contributed by atoms with van der Waals surface area (Å²) >= 11 is 1.59. The number of nitrogens with one attached hydrogen (secondary N) is 1. The molecule has 0 aliphatic carbocycles. The maximum absolute atomic E-state index is 14.0. The molecule has 1 aromatic heterocycles. The van der Waals surface area contributed by atoms with Crippen molar-refractivity contribution in [1.29, 1.82) is 0 Å². The van der Waals surface area contributed by atoms with E-state index in [0.29, 0.717) is 31.8 Å². The third-order valence-corrected chi connectivity index (χ3v) is 7.97. The highest BCUT2D eigenvalue weighted by Gasteiger charge is 2.32. The van der Waals surface area contributed by atoms with Gasteiger partial charge in [0.05, 0.1) is 13.7 Å². The van der Waals surface area contributed by atoms with E-state index in [0.717, 1.165) is 29.0 Å². The largest absolute Gasteiger partial charge is 0.497 e. The number of para-hydroxylation sites is 1. The first kappa shape index (κ1) is 26.5. The predicted octanol–water partition coefficient (Wildman–Crippen LogP) is 5.60. The van der Waals surface area contributed by atoms with Gasteiger partial charge in [0.2, 0.25) is 11.8 Å². The fourth-order valence-corrected chi connectivity index (χ4v) is 5.75. The van der Waals surface area contributed by atoms with E-state index in [1.165, 1.54) is 11.3 Å². The maximum atomic E-state index is 14.0. The minimum atomic E-state index is -0.778. The van der Waals surface area contributed by atoms with Crippen LogP contribution in [0.15, 0.2) is 96.4 Å². The second kappa shape index (κ2) is 12.6. The smallest absolute Gasteiger partial charge is 0.247 e. The molecular formula is C32H33N3O3S. The molecule has 0 radical (unpaired) electrons. The van der Waals surface area contributed by atoms with E-state index in [4.69, 9.17) is 4.74 Å². The Morgan fingerprint density at radius 1 is 0.974 bits per heavy atom. The Bertz CT molecular complexity index is 1370. The molecule has 200 valence electrons. The number of carbonyl (C=O) groups excluding carboxylic acids is 2. The van der Waals surface area contributed by atoms with Crippen molar-refractivity contribution in [3.05, 3.63) is 118 Å². The Morgan fingerprint density at radius 3 is 2.49 bits per heavy atom. The van der Waals surface area contributed by atoms with Crippen molar-refractivity contribution in [2.75, 3.05) is 25.1 Å². The van der Waals surface area contributed by atoms with Gasteiger partial charge in [-0.1, -0.05) is 66.7 Å². The molecule has 0 saturated carbocycles. The van der Waals surface area contributed by atoms with Gasteiger partial charge < -0.3 is 19.9 Å². The summed E-state index contributed by atoms with van der Waals surface area (Å²) in [5.74, 6) is 0.440. The summed E-state index contributed by atoms with van der Waals surface area (Å²) in [5, 5.41) is 5.08. The third-order valence-electron chi connectivity index (χ3n) is 7.11. The summed E-state index contributed by atoms with van der Waals surface area (Å²) in [4.78, 5) is 32.8. The summed E-state index contributed by atoms with van der Waals surface area (Å²) in [5.41, 5.74) is 4.26. The van der Waals surface area contributed by atoms with Crippen LogP contribution in [0.2, 0.25) is 0 Å². The molecule has 1 aliphatic rings. The van der Waals surface area contributed by atoms with Crippen molar-refractivity contribution in [2.24, 2.45) is 0 Å². The quantitative estimate of drug-likeness (QED) is 0.270. The highest BCUT2D eigenvalue weighted by Crippen LogP contribution is 2.30. The SMILES string of the molecule is COc1ccc(C(C(=O)NCc2ccccc2)N(Cc2cccs2)C(=O)CCN2CCc3ccccc32)cc1. The van der Waals surface area contributed by atoms with E-state index >= 15 is 0 Å². The lowest BCUT2D eigenvalue weighted by atomic mass is 10.0. The lowest BCUT2D eigenvalue weighted by Gasteiger charge is -2.32. The fraction of sp³-hybridized carbons (Fsp3) is 0.250. The zero-order valence-electron chi connectivity index (χ0n) is 22.1. The Morgan fingerprint density at radius 2 is 1.74 bits per heavy atom. The normalized spacial score (nSPS) is 13.0. The molecule has 39 heavy (non-hydrogen) atoms. The van der Waals surface area contributed by atoms with Crippen LogP contribution in [0.4, 0.5) is 5.69 Å². The molecule has 6 nitrogen and oxygen atoms in total. The monoisotopic (exact) mass is 539 g/mol. The fourth-order valence-electron chi connectivity index (χ4n) is 5.05. The van der Waals surface area contributed by atoms with E-state index in [2.05, 4.69) is 28.4 Å². The molecule has 0 saturated heterocycles. The second-order valence-corrected chi connectivity index (χ2v) is 10.6. The second-order valence-electron chi connectivity index (χ2n) is 9.60. The number of anilines is 1. The number of benzene rings is 3. The van der Waals surface area contributed by atoms with Crippen LogP contribution in [0.25, 0.3) is 0 Å². The van der Waals surface area contributed by atoms with Crippen LogP contribution in [0.3, 0.4) is 0 Å². The Kier molecular flexibility index (Phi) is 8.58. The van der Waals surface area contributed by atoms with Gasteiger partial charge in [-0.3, -0.25) is 9.59 Å². The van der Waals surface area contributed by atoms with Crippen molar-refractivity contribution < 1.29 is 14.3 Å². The van der Waals surface area contributed by atoms with Crippen molar-refractivity contribution in [3.63, 3.8) is 0 Å². The van der Waals surface area contributed by atoms with E-state index in [1.54, 1.807) is 23.3 Å². The highest BCUT2D eigenvalue weighted by atomic mass is 32.1. The zero-order chi connectivity index (χ0) is 27.0. The van der Waals surface area contributed by atoms with Gasteiger partial charge >= 0.3 is 0 Å². The number of methoxy groups -OCH3 is 1. The average molecular weight is 540 g/mol. The van der Waals surface area contributed by atoms with Gasteiger partial charge in [0.15, 0.2) is 0 Å². The summed E-state index contributed by atoms with van der Waals surface area (Å²) < 4.78 is 5.35. The number of ether oxygens (including phenoxy) is 1. The van der Waals surface area contributed by atoms with E-state index < -0.39 is 6.04 Å². The lowest BCUT2D eigenvalue weighted by Crippen LogP contribution is -2.44. The van der Waals surface area contributed by atoms with Gasteiger partial charge in [0, 0.05) is 36.6 Å². The molecule has 0 fully saturated rings. The molecule has 1 unspecified atom stereocenters. The minimum Gasteiger partial charge on any atom is -0.497 e. The van der Waals surface area contributed by atoms with Gasteiger partial charge in [-0.25, -0.2) is 0 Å². The van der Waals surface area contributed by atoms with Gasteiger partial charge in [-0.2, -0.15) is 0 Å². The highest BCUT2D eigenvalue weighted by molar-refractivity contribution is 7.09. The molecule has 2 heterocycles. The lowest BCUT2D eigenvalue weighted by molar-refractivity contribution is -0.141. The van der Waals surface area contributed by atoms with Crippen LogP contribution < -0.4 is 15.0 Å². The standard InChI is InChI=1S/C32H33N3O3S/c1-38-27-15-13-26(14-16-27)31(32(37)33-22-24-8-3-2-4-9-24)35(23-28-11-7-21-39-28)30(36)18-20-34-19-17-25-10-5-6-12-29(25)34/h2-16,21,31H,17-20,22-23H2,1H3,(H,33,37). The van der Waals surface area contributed by atoms with Crippen LogP contribution in [-0.4, -0.2) is 36.9 Å². The van der Waals surface area contributed by atoms with Crippen LogP contribution in [-0.2, 0) is 29.1 Å². The molecule has 1 atom stereocenters.